The van der Waals surface area contributed by atoms with Crippen molar-refractivity contribution in [1.82, 2.24) is 10.3 Å². The third kappa shape index (κ3) is 3.35. The van der Waals surface area contributed by atoms with Crippen LogP contribution in [0.2, 0.25) is 0 Å². The fraction of sp³-hybridized carbons (Fsp3) is 0.143. The molecule has 6 heteroatoms. The first-order chi connectivity index (χ1) is 16.6. The average Bonchev–Trinajstić information content (AvgIpc) is 3.25. The van der Waals surface area contributed by atoms with Crippen LogP contribution in [0.5, 0.6) is 0 Å². The van der Waals surface area contributed by atoms with Crippen molar-refractivity contribution in [3.8, 4) is 0 Å². The molecule has 2 amide bonds. The first-order valence-corrected chi connectivity index (χ1v) is 11.3. The molecule has 1 aromatic heterocycles. The monoisotopic (exact) mass is 446 g/mol. The van der Waals surface area contributed by atoms with E-state index >= 15 is 0 Å². The highest BCUT2D eigenvalue weighted by Gasteiger charge is 2.37. The Labute approximate surface area is 197 Å². The van der Waals surface area contributed by atoms with Crippen molar-refractivity contribution in [3.05, 3.63) is 107 Å². The SMILES string of the molecule is Cc1cc2c3c(c1)C(c1ccccc1)=N[C@@H](NC(=O)c1cc4ccccc4cn1)C(=O)N3CC2. The molecule has 2 aliphatic heterocycles. The maximum atomic E-state index is 13.6. The van der Waals surface area contributed by atoms with Crippen LogP contribution in [0.4, 0.5) is 5.69 Å². The lowest BCUT2D eigenvalue weighted by Crippen LogP contribution is -2.47. The smallest absolute Gasteiger partial charge is 0.272 e. The Hall–Kier alpha value is -4.32. The lowest BCUT2D eigenvalue weighted by atomic mass is 9.96. The topological polar surface area (TPSA) is 74.7 Å². The summed E-state index contributed by atoms with van der Waals surface area (Å²) in [5, 5.41) is 4.71. The molecule has 0 bridgehead atoms. The maximum absolute atomic E-state index is 13.6. The van der Waals surface area contributed by atoms with Crippen LogP contribution in [-0.4, -0.2) is 35.2 Å². The van der Waals surface area contributed by atoms with E-state index in [0.717, 1.165) is 45.1 Å². The number of aryl methyl sites for hydroxylation is 1. The molecule has 0 saturated heterocycles. The van der Waals surface area contributed by atoms with Crippen LogP contribution >= 0.6 is 0 Å². The van der Waals surface area contributed by atoms with Gasteiger partial charge in [-0.15, -0.1) is 0 Å². The molecule has 0 unspecified atom stereocenters. The van der Waals surface area contributed by atoms with Gasteiger partial charge in [0.05, 0.1) is 11.4 Å². The first-order valence-electron chi connectivity index (χ1n) is 11.3. The predicted octanol–water partition coefficient (Wildman–Crippen LogP) is 4.04. The summed E-state index contributed by atoms with van der Waals surface area (Å²) in [6, 6.07) is 23.5. The molecule has 0 fully saturated rings. The molecule has 0 aliphatic carbocycles. The Balaban J connectivity index is 1.44. The van der Waals surface area contributed by atoms with Crippen molar-refractivity contribution in [3.63, 3.8) is 0 Å². The lowest BCUT2D eigenvalue weighted by Gasteiger charge is -2.21. The highest BCUT2D eigenvalue weighted by Crippen LogP contribution is 2.37. The van der Waals surface area contributed by atoms with E-state index in [0.29, 0.717) is 12.3 Å². The Kier molecular flexibility index (Phi) is 4.73. The molecule has 2 aliphatic rings. The van der Waals surface area contributed by atoms with Gasteiger partial charge >= 0.3 is 0 Å². The summed E-state index contributed by atoms with van der Waals surface area (Å²) in [7, 11) is 0. The minimum Gasteiger partial charge on any atom is -0.321 e. The van der Waals surface area contributed by atoms with Gasteiger partial charge in [0.1, 0.15) is 5.69 Å². The fourth-order valence-electron chi connectivity index (χ4n) is 4.84. The third-order valence-electron chi connectivity index (χ3n) is 6.40. The number of hydrogen-bond acceptors (Lipinski definition) is 4. The number of rotatable bonds is 3. The first kappa shape index (κ1) is 20.3. The zero-order valence-corrected chi connectivity index (χ0v) is 18.7. The van der Waals surface area contributed by atoms with E-state index in [1.807, 2.05) is 54.6 Å². The van der Waals surface area contributed by atoms with Crippen LogP contribution in [0.1, 0.15) is 32.7 Å². The summed E-state index contributed by atoms with van der Waals surface area (Å²) in [5.41, 5.74) is 5.94. The number of aliphatic imine (C=N–C) groups is 1. The number of carbonyl (C=O) groups excluding carboxylic acids is 2. The molecule has 3 heterocycles. The average molecular weight is 447 g/mol. The highest BCUT2D eigenvalue weighted by molar-refractivity contribution is 6.21. The molecule has 0 saturated carbocycles. The molecule has 6 nitrogen and oxygen atoms in total. The van der Waals surface area contributed by atoms with Crippen molar-refractivity contribution >= 4 is 34.0 Å². The standard InChI is InChI=1S/C28H22N4O2/c1-17-13-20-11-12-32-25(20)22(14-17)24(18-7-3-2-4-8-18)30-26(28(32)34)31-27(33)23-15-19-9-5-6-10-21(19)16-29-23/h2-10,13-16,26H,11-12H2,1H3,(H,31,33)/t26-/m0/s1. The Morgan fingerprint density at radius 3 is 2.59 bits per heavy atom. The molecule has 4 aromatic rings. The van der Waals surface area contributed by atoms with Crippen molar-refractivity contribution in [2.24, 2.45) is 4.99 Å². The molecule has 3 aromatic carbocycles. The number of aromatic nitrogens is 1. The molecular weight excluding hydrogens is 424 g/mol. The lowest BCUT2D eigenvalue weighted by molar-refractivity contribution is -0.120. The van der Waals surface area contributed by atoms with Gasteiger partial charge in [0.25, 0.3) is 11.8 Å². The van der Waals surface area contributed by atoms with E-state index in [1.54, 1.807) is 17.2 Å². The van der Waals surface area contributed by atoms with E-state index in [2.05, 4.69) is 29.4 Å². The van der Waals surface area contributed by atoms with Gasteiger partial charge in [0, 0.05) is 29.3 Å². The minimum atomic E-state index is -1.05. The van der Waals surface area contributed by atoms with E-state index in [9.17, 15) is 9.59 Å². The van der Waals surface area contributed by atoms with Gasteiger partial charge in [-0.2, -0.15) is 0 Å². The molecular formula is C28H22N4O2. The summed E-state index contributed by atoms with van der Waals surface area (Å²) in [6.45, 7) is 2.63. The molecule has 1 atom stereocenters. The number of anilines is 1. The van der Waals surface area contributed by atoms with Gasteiger partial charge in [-0.3, -0.25) is 14.6 Å². The minimum absolute atomic E-state index is 0.232. The second kappa shape index (κ2) is 7.92. The Morgan fingerprint density at radius 1 is 1.00 bits per heavy atom. The normalized spacial score (nSPS) is 16.7. The van der Waals surface area contributed by atoms with Crippen molar-refractivity contribution in [1.29, 1.82) is 0 Å². The summed E-state index contributed by atoms with van der Waals surface area (Å²) >= 11 is 0. The van der Waals surface area contributed by atoms with E-state index < -0.39 is 12.1 Å². The van der Waals surface area contributed by atoms with Gasteiger partial charge in [0.15, 0.2) is 0 Å². The maximum Gasteiger partial charge on any atom is 0.272 e. The van der Waals surface area contributed by atoms with E-state index in [1.165, 1.54) is 0 Å². The molecule has 1 N–H and O–H groups in total. The second-order valence-corrected chi connectivity index (χ2v) is 8.70. The van der Waals surface area contributed by atoms with Crippen molar-refractivity contribution in [2.45, 2.75) is 19.5 Å². The summed E-state index contributed by atoms with van der Waals surface area (Å²) in [4.78, 5) is 37.7. The van der Waals surface area contributed by atoms with Gasteiger partial charge in [0.2, 0.25) is 6.17 Å². The van der Waals surface area contributed by atoms with E-state index in [4.69, 9.17) is 4.99 Å². The molecule has 6 rings (SSSR count). The number of pyridine rings is 1. The quantitative estimate of drug-likeness (QED) is 0.516. The second-order valence-electron chi connectivity index (χ2n) is 8.70. The largest absolute Gasteiger partial charge is 0.321 e. The number of carbonyl (C=O) groups is 2. The van der Waals surface area contributed by atoms with Crippen LogP contribution in [-0.2, 0) is 11.2 Å². The summed E-state index contributed by atoms with van der Waals surface area (Å²) in [6.07, 6.45) is 1.41. The van der Waals surface area contributed by atoms with E-state index in [-0.39, 0.29) is 11.6 Å². The number of benzene rings is 3. The fourth-order valence-corrected chi connectivity index (χ4v) is 4.84. The van der Waals surface area contributed by atoms with Crippen LogP contribution < -0.4 is 10.2 Å². The van der Waals surface area contributed by atoms with Crippen LogP contribution in [0.15, 0.2) is 84.0 Å². The van der Waals surface area contributed by atoms with Crippen molar-refractivity contribution in [2.75, 3.05) is 11.4 Å². The van der Waals surface area contributed by atoms with Gasteiger partial charge in [-0.05, 0) is 36.4 Å². The van der Waals surface area contributed by atoms with Crippen LogP contribution in [0, 0.1) is 6.92 Å². The number of nitrogens with one attached hydrogen (secondary N) is 1. The number of hydrogen-bond donors (Lipinski definition) is 1. The van der Waals surface area contributed by atoms with Crippen LogP contribution in [0.3, 0.4) is 0 Å². The van der Waals surface area contributed by atoms with Gasteiger partial charge in [-0.25, -0.2) is 4.99 Å². The number of nitrogens with zero attached hydrogens (tertiary/aromatic N) is 3. The Bertz CT molecular complexity index is 1490. The molecule has 34 heavy (non-hydrogen) atoms. The zero-order valence-electron chi connectivity index (χ0n) is 18.7. The molecule has 166 valence electrons. The van der Waals surface area contributed by atoms with Gasteiger partial charge in [-0.1, -0.05) is 66.2 Å². The summed E-state index contributed by atoms with van der Waals surface area (Å²) in [5.74, 6) is -0.661. The van der Waals surface area contributed by atoms with Gasteiger partial charge < -0.3 is 10.2 Å². The zero-order chi connectivity index (χ0) is 23.2. The highest BCUT2D eigenvalue weighted by atomic mass is 16.2. The number of amides is 2. The number of fused-ring (bicyclic) bond motifs is 1. The third-order valence-corrected chi connectivity index (χ3v) is 6.40. The van der Waals surface area contributed by atoms with Crippen LogP contribution in [0.25, 0.3) is 10.8 Å². The Morgan fingerprint density at radius 2 is 1.76 bits per heavy atom. The predicted molar refractivity (Wildman–Crippen MR) is 132 cm³/mol. The van der Waals surface area contributed by atoms with Crippen molar-refractivity contribution < 1.29 is 9.59 Å². The summed E-state index contributed by atoms with van der Waals surface area (Å²) < 4.78 is 0. The molecule has 0 spiro atoms. The molecule has 0 radical (unpaired) electrons.